The lowest BCUT2D eigenvalue weighted by molar-refractivity contribution is 0.403. The number of ether oxygens (including phenoxy) is 3. The molecule has 0 aliphatic carbocycles. The molecular weight excluding hydrogens is 547 g/mol. The minimum Gasteiger partial charge on any atom is -0.497 e. The highest BCUT2D eigenvalue weighted by Crippen LogP contribution is 2.48. The summed E-state index contributed by atoms with van der Waals surface area (Å²) in [5.74, 6) is 2.82. The first-order chi connectivity index (χ1) is 20.3. The highest BCUT2D eigenvalue weighted by Gasteiger charge is 2.22. The number of aryl methyl sites for hydroxylation is 5. The Labute approximate surface area is 248 Å². The predicted octanol–water partition coefficient (Wildman–Crippen LogP) is 10.4. The molecule has 5 rings (SSSR count). The Hall–Kier alpha value is -4.02. The third-order valence-electron chi connectivity index (χ3n) is 7.50. The summed E-state index contributed by atoms with van der Waals surface area (Å²) in [5, 5.41) is 2.03. The van der Waals surface area contributed by atoms with Crippen molar-refractivity contribution in [3.8, 4) is 34.1 Å². The molecule has 42 heavy (non-hydrogen) atoms. The molecule has 4 aromatic carbocycles. The SMILES string of the molecule is CCCCc1cc(OC)cc(-c2cc(OC)ccc2OC)c1Op1oc2c(C)cc(C)cc2c2cc(C)cc(C)c2o1. The first-order valence-electron chi connectivity index (χ1n) is 14.3. The van der Waals surface area contributed by atoms with Crippen LogP contribution < -0.4 is 18.7 Å². The van der Waals surface area contributed by atoms with Crippen LogP contribution in [0.4, 0.5) is 0 Å². The number of fused-ring (bicyclic) bond motifs is 3. The second-order valence-corrected chi connectivity index (χ2v) is 11.7. The minimum atomic E-state index is -1.89. The lowest BCUT2D eigenvalue weighted by atomic mass is 9.97. The molecular formula is C35H39O6P. The van der Waals surface area contributed by atoms with Gasteiger partial charge in [-0.3, -0.25) is 0 Å². The summed E-state index contributed by atoms with van der Waals surface area (Å²) >= 11 is 0. The molecule has 5 aromatic rings. The van der Waals surface area contributed by atoms with Crippen molar-refractivity contribution in [2.45, 2.75) is 53.9 Å². The van der Waals surface area contributed by atoms with Gasteiger partial charge in [-0.05, 0) is 111 Å². The number of methoxy groups -OCH3 is 3. The van der Waals surface area contributed by atoms with Gasteiger partial charge in [0.2, 0.25) is 0 Å². The molecule has 0 aliphatic heterocycles. The molecule has 1 heterocycles. The number of hydrogen-bond donors (Lipinski definition) is 0. The van der Waals surface area contributed by atoms with E-state index in [0.717, 1.165) is 85.9 Å². The maximum Gasteiger partial charge on any atom is 0.453 e. The van der Waals surface area contributed by atoms with Crippen molar-refractivity contribution in [3.63, 3.8) is 0 Å². The number of hydrogen-bond acceptors (Lipinski definition) is 6. The fourth-order valence-corrected chi connectivity index (χ4v) is 6.75. The van der Waals surface area contributed by atoms with Gasteiger partial charge in [0.1, 0.15) is 34.2 Å². The van der Waals surface area contributed by atoms with E-state index in [1.54, 1.807) is 21.3 Å². The van der Waals surface area contributed by atoms with Crippen LogP contribution in [0.2, 0.25) is 0 Å². The average Bonchev–Trinajstić information content (AvgIpc) is 3.13. The number of benzene rings is 4. The summed E-state index contributed by atoms with van der Waals surface area (Å²) in [4.78, 5) is 0. The summed E-state index contributed by atoms with van der Waals surface area (Å²) in [6.45, 7) is 10.5. The van der Waals surface area contributed by atoms with Gasteiger partial charge in [0, 0.05) is 21.9 Å². The second kappa shape index (κ2) is 12.5. The summed E-state index contributed by atoms with van der Waals surface area (Å²) in [5.41, 5.74) is 8.60. The summed E-state index contributed by atoms with van der Waals surface area (Å²) < 4.78 is 37.3. The highest BCUT2D eigenvalue weighted by atomic mass is 31.1. The normalized spacial score (nSPS) is 11.1. The molecule has 0 unspecified atom stereocenters. The average molecular weight is 587 g/mol. The van der Waals surface area contributed by atoms with Gasteiger partial charge in [-0.1, -0.05) is 25.5 Å². The molecule has 0 amide bonds. The zero-order valence-electron chi connectivity index (χ0n) is 25.7. The molecule has 0 aliphatic rings. The van der Waals surface area contributed by atoms with Gasteiger partial charge < -0.3 is 27.1 Å². The molecule has 0 fully saturated rings. The van der Waals surface area contributed by atoms with E-state index >= 15 is 0 Å². The number of rotatable bonds is 9. The monoisotopic (exact) mass is 586 g/mol. The number of unbranched alkanes of at least 4 members (excludes halogenated alkanes) is 1. The second-order valence-electron chi connectivity index (χ2n) is 10.7. The van der Waals surface area contributed by atoms with E-state index in [2.05, 4.69) is 58.9 Å². The summed E-state index contributed by atoms with van der Waals surface area (Å²) in [6, 6.07) is 18.3. The zero-order valence-corrected chi connectivity index (χ0v) is 26.6. The molecule has 0 bridgehead atoms. The van der Waals surface area contributed by atoms with Gasteiger partial charge >= 0.3 is 8.24 Å². The Balaban J connectivity index is 1.84. The molecule has 0 radical (unpaired) electrons. The lowest BCUT2D eigenvalue weighted by Gasteiger charge is -2.18. The van der Waals surface area contributed by atoms with Crippen LogP contribution in [-0.2, 0) is 6.42 Å². The molecule has 7 heteroatoms. The fraction of sp³-hybridized carbons (Fsp3) is 0.314. The van der Waals surface area contributed by atoms with E-state index in [1.165, 1.54) is 0 Å². The fourth-order valence-electron chi connectivity index (χ4n) is 5.49. The van der Waals surface area contributed by atoms with E-state index in [-0.39, 0.29) is 0 Å². The molecule has 220 valence electrons. The van der Waals surface area contributed by atoms with Gasteiger partial charge in [0.15, 0.2) is 0 Å². The van der Waals surface area contributed by atoms with Gasteiger partial charge in [0.25, 0.3) is 0 Å². The Morgan fingerprint density at radius 2 is 1.26 bits per heavy atom. The first kappa shape index (κ1) is 29.5. The van der Waals surface area contributed by atoms with Crippen molar-refractivity contribution < 1.29 is 27.1 Å². The van der Waals surface area contributed by atoms with E-state index in [4.69, 9.17) is 27.1 Å². The largest absolute Gasteiger partial charge is 0.497 e. The Morgan fingerprint density at radius 3 is 1.81 bits per heavy atom. The standard InChI is InChI=1S/C35H39O6P/c1-9-10-11-25-18-27(37-7)20-31(28-19-26(36-6)12-13-32(28)38-8)35(25)41-42-39-33-23(4)14-21(2)16-29(33)30-17-22(3)15-24(5)34(30)40-42/h12-20H,9-11H2,1-8H3. The van der Waals surface area contributed by atoms with Crippen molar-refractivity contribution in [3.05, 3.63) is 82.4 Å². The Kier molecular flexibility index (Phi) is 8.74. The van der Waals surface area contributed by atoms with Crippen molar-refractivity contribution in [2.75, 3.05) is 21.3 Å². The predicted molar refractivity (Wildman–Crippen MR) is 171 cm³/mol. The van der Waals surface area contributed by atoms with Crippen LogP contribution >= 0.6 is 8.24 Å². The van der Waals surface area contributed by atoms with Crippen LogP contribution in [0.1, 0.15) is 47.6 Å². The van der Waals surface area contributed by atoms with Crippen molar-refractivity contribution in [2.24, 2.45) is 0 Å². The summed E-state index contributed by atoms with van der Waals surface area (Å²) in [7, 11) is 3.10. The third kappa shape index (κ3) is 5.82. The van der Waals surface area contributed by atoms with Crippen LogP contribution in [0.25, 0.3) is 33.1 Å². The van der Waals surface area contributed by atoms with E-state index in [0.29, 0.717) is 17.2 Å². The molecule has 0 spiro atoms. The maximum atomic E-state index is 6.87. The van der Waals surface area contributed by atoms with Gasteiger partial charge in [-0.15, -0.1) is 0 Å². The van der Waals surface area contributed by atoms with Crippen LogP contribution in [0.15, 0.2) is 63.0 Å². The van der Waals surface area contributed by atoms with Crippen LogP contribution in [0.3, 0.4) is 0 Å². The van der Waals surface area contributed by atoms with E-state index in [9.17, 15) is 0 Å². The van der Waals surface area contributed by atoms with Crippen molar-refractivity contribution in [1.82, 2.24) is 0 Å². The van der Waals surface area contributed by atoms with E-state index in [1.807, 2.05) is 30.3 Å². The minimum absolute atomic E-state index is 0.682. The zero-order chi connectivity index (χ0) is 30.0. The highest BCUT2D eigenvalue weighted by molar-refractivity contribution is 7.32. The van der Waals surface area contributed by atoms with Gasteiger partial charge in [-0.2, -0.15) is 0 Å². The third-order valence-corrected chi connectivity index (χ3v) is 8.49. The molecule has 1 aromatic heterocycles. The quantitative estimate of drug-likeness (QED) is 0.171. The Morgan fingerprint density at radius 1 is 0.667 bits per heavy atom. The Bertz CT molecular complexity index is 1730. The molecule has 0 saturated heterocycles. The first-order valence-corrected chi connectivity index (χ1v) is 15.4. The van der Waals surface area contributed by atoms with Crippen LogP contribution in [0.5, 0.6) is 23.0 Å². The van der Waals surface area contributed by atoms with Crippen molar-refractivity contribution >= 4 is 30.2 Å². The topological polar surface area (TPSA) is 63.2 Å². The molecule has 0 N–H and O–H groups in total. The summed E-state index contributed by atoms with van der Waals surface area (Å²) in [6.07, 6.45) is 2.82. The van der Waals surface area contributed by atoms with Crippen LogP contribution in [0, 0.1) is 27.7 Å². The van der Waals surface area contributed by atoms with Gasteiger partial charge in [-0.25, -0.2) is 0 Å². The van der Waals surface area contributed by atoms with Crippen molar-refractivity contribution in [1.29, 1.82) is 0 Å². The smallest absolute Gasteiger partial charge is 0.453 e. The van der Waals surface area contributed by atoms with Gasteiger partial charge in [0.05, 0.1) is 21.3 Å². The molecule has 6 nitrogen and oxygen atoms in total. The van der Waals surface area contributed by atoms with Crippen LogP contribution in [-0.4, -0.2) is 21.3 Å². The molecule has 0 atom stereocenters. The lowest BCUT2D eigenvalue weighted by Crippen LogP contribution is -1.98. The van der Waals surface area contributed by atoms with E-state index < -0.39 is 8.24 Å². The molecule has 0 saturated carbocycles. The maximum absolute atomic E-state index is 6.87.